The first-order valence-electron chi connectivity index (χ1n) is 12.1. The summed E-state index contributed by atoms with van der Waals surface area (Å²) in [6.07, 6.45) is 0.806. The topological polar surface area (TPSA) is 126 Å². The average molecular weight is 513 g/mol. The molecule has 5 aromatic rings. The van der Waals surface area contributed by atoms with Gasteiger partial charge in [-0.1, -0.05) is 54.6 Å². The molecule has 194 valence electrons. The Kier molecular flexibility index (Phi) is 7.07. The number of aliphatic hydroxyl groups is 2. The van der Waals surface area contributed by atoms with E-state index in [9.17, 15) is 9.90 Å². The number of carbonyl (C=O) groups is 1. The van der Waals surface area contributed by atoms with E-state index < -0.39 is 18.7 Å². The van der Waals surface area contributed by atoms with Crippen LogP contribution in [0.25, 0.3) is 22.6 Å². The summed E-state index contributed by atoms with van der Waals surface area (Å²) >= 11 is 0. The Hall–Kier alpha value is -4.67. The third-order valence-electron chi connectivity index (χ3n) is 6.06. The number of hydrogen-bond acceptors (Lipinski definition) is 6. The summed E-state index contributed by atoms with van der Waals surface area (Å²) in [4.78, 5) is 18.2. The number of rotatable bonds is 8. The van der Waals surface area contributed by atoms with Gasteiger partial charge in [-0.2, -0.15) is 0 Å². The van der Waals surface area contributed by atoms with Crippen molar-refractivity contribution in [3.05, 3.63) is 90.1 Å². The van der Waals surface area contributed by atoms with Crippen LogP contribution >= 0.6 is 0 Å². The van der Waals surface area contributed by atoms with E-state index in [0.29, 0.717) is 28.6 Å². The highest BCUT2D eigenvalue weighted by atomic mass is 16.5. The second-order valence-corrected chi connectivity index (χ2v) is 8.81. The molecule has 0 bridgehead atoms. The van der Waals surface area contributed by atoms with Crippen LogP contribution in [-0.2, 0) is 0 Å². The van der Waals surface area contributed by atoms with Crippen molar-refractivity contribution in [1.82, 2.24) is 19.2 Å². The van der Waals surface area contributed by atoms with Crippen molar-refractivity contribution >= 4 is 23.3 Å². The zero-order valence-corrected chi connectivity index (χ0v) is 21.0. The van der Waals surface area contributed by atoms with Gasteiger partial charge in [0.15, 0.2) is 0 Å². The predicted octanol–water partition coefficient (Wildman–Crippen LogP) is 4.18. The van der Waals surface area contributed by atoms with Crippen LogP contribution in [-0.4, -0.2) is 54.7 Å². The molecule has 10 heteroatoms. The van der Waals surface area contributed by atoms with Gasteiger partial charge >= 0.3 is 6.03 Å². The minimum atomic E-state index is -1.05. The highest BCUT2D eigenvalue weighted by molar-refractivity contribution is 6.02. The van der Waals surface area contributed by atoms with E-state index in [4.69, 9.17) is 14.8 Å². The third-order valence-corrected chi connectivity index (χ3v) is 6.06. The van der Waals surface area contributed by atoms with Crippen LogP contribution in [0.15, 0.2) is 79.0 Å². The zero-order chi connectivity index (χ0) is 26.6. The summed E-state index contributed by atoms with van der Waals surface area (Å²) in [7, 11) is 0. The molecule has 0 fully saturated rings. The normalized spacial score (nSPS) is 11.9. The average Bonchev–Trinajstić information content (AvgIpc) is 3.46. The number of imidazole rings is 1. The van der Waals surface area contributed by atoms with E-state index in [1.54, 1.807) is 11.6 Å². The van der Waals surface area contributed by atoms with Gasteiger partial charge in [0, 0.05) is 11.8 Å². The quantitative estimate of drug-likeness (QED) is 0.247. The minimum absolute atomic E-state index is 0.142. The highest BCUT2D eigenvalue weighted by Gasteiger charge is 2.22. The molecule has 0 unspecified atom stereocenters. The summed E-state index contributed by atoms with van der Waals surface area (Å²) < 4.78 is 9.05. The zero-order valence-electron chi connectivity index (χ0n) is 21.0. The van der Waals surface area contributed by atoms with Gasteiger partial charge in [-0.25, -0.2) is 14.5 Å². The largest absolute Gasteiger partial charge is 0.474 e. The number of amides is 2. The van der Waals surface area contributed by atoms with Gasteiger partial charge in [0.05, 0.1) is 17.9 Å². The Balaban J connectivity index is 1.50. The van der Waals surface area contributed by atoms with Crippen LogP contribution in [0.3, 0.4) is 0 Å². The molecular weight excluding hydrogens is 484 g/mol. The number of pyridine rings is 1. The minimum Gasteiger partial charge on any atom is -0.474 e. The monoisotopic (exact) mass is 512 g/mol. The van der Waals surface area contributed by atoms with E-state index in [1.165, 1.54) is 0 Å². The number of urea groups is 1. The van der Waals surface area contributed by atoms with Crippen LogP contribution in [0.5, 0.6) is 5.88 Å². The molecule has 38 heavy (non-hydrogen) atoms. The van der Waals surface area contributed by atoms with Gasteiger partial charge in [0.25, 0.3) is 0 Å². The summed E-state index contributed by atoms with van der Waals surface area (Å²) in [6, 6.07) is 22.3. The lowest BCUT2D eigenvalue weighted by atomic mass is 10.1. The maximum Gasteiger partial charge on any atom is 0.326 e. The van der Waals surface area contributed by atoms with Gasteiger partial charge in [-0.15, -0.1) is 5.10 Å². The first-order valence-corrected chi connectivity index (χ1v) is 12.1. The van der Waals surface area contributed by atoms with Crippen LogP contribution < -0.4 is 15.4 Å². The van der Waals surface area contributed by atoms with E-state index >= 15 is 0 Å². The molecule has 5 rings (SSSR count). The van der Waals surface area contributed by atoms with E-state index in [0.717, 1.165) is 16.8 Å². The van der Waals surface area contributed by atoms with Crippen molar-refractivity contribution < 1.29 is 19.7 Å². The number of aliphatic hydroxyl groups excluding tert-OH is 2. The van der Waals surface area contributed by atoms with E-state index in [2.05, 4.69) is 15.7 Å². The van der Waals surface area contributed by atoms with Gasteiger partial charge in [0.1, 0.15) is 35.7 Å². The Labute approximate surface area is 219 Å². The second-order valence-electron chi connectivity index (χ2n) is 8.81. The maximum atomic E-state index is 13.4. The Morgan fingerprint density at radius 3 is 2.37 bits per heavy atom. The van der Waals surface area contributed by atoms with Crippen LogP contribution in [0.4, 0.5) is 16.4 Å². The molecule has 0 aliphatic carbocycles. The number of fused-ring (bicyclic) bond motifs is 1. The molecule has 4 N–H and O–H groups in total. The fourth-order valence-corrected chi connectivity index (χ4v) is 4.11. The van der Waals surface area contributed by atoms with Crippen molar-refractivity contribution in [2.45, 2.75) is 20.0 Å². The third kappa shape index (κ3) is 4.95. The van der Waals surface area contributed by atoms with Crippen molar-refractivity contribution in [2.24, 2.45) is 0 Å². The molecule has 10 nitrogen and oxygen atoms in total. The van der Waals surface area contributed by atoms with Crippen molar-refractivity contribution in [3.8, 4) is 22.8 Å². The molecule has 3 heterocycles. The number of hydrogen-bond donors (Lipinski definition) is 4. The molecule has 0 saturated carbocycles. The van der Waals surface area contributed by atoms with E-state index in [-0.39, 0.29) is 12.5 Å². The number of ether oxygens (including phenoxy) is 1. The molecule has 2 aromatic carbocycles. The number of nitrogens with zero attached hydrogens (tertiary/aromatic N) is 4. The Bertz CT molecular complexity index is 1560. The lowest BCUT2D eigenvalue weighted by Gasteiger charge is -2.12. The number of aryl methyl sites for hydroxylation is 1. The highest BCUT2D eigenvalue weighted by Crippen LogP contribution is 2.31. The van der Waals surface area contributed by atoms with Crippen LogP contribution in [0.1, 0.15) is 11.1 Å². The molecule has 2 amide bonds. The molecule has 1 atom stereocenters. The number of nitrogens with one attached hydrogen (secondary N) is 2. The van der Waals surface area contributed by atoms with Gasteiger partial charge in [-0.05, 0) is 37.6 Å². The van der Waals surface area contributed by atoms with Gasteiger partial charge in [-0.3, -0.25) is 15.0 Å². The first kappa shape index (κ1) is 25.0. The molecule has 0 aliphatic heterocycles. The SMILES string of the molecule is Cc1c(OC[C@H](O)CO)nn(-c2ccccc2)c1NC(=O)Nc1c(-c2ccccc2)nc2c(C)cccn12. The number of para-hydroxylation sites is 1. The summed E-state index contributed by atoms with van der Waals surface area (Å²) in [6.45, 7) is 3.15. The van der Waals surface area contributed by atoms with E-state index in [1.807, 2.05) is 90.3 Å². The van der Waals surface area contributed by atoms with Crippen molar-refractivity contribution in [1.29, 1.82) is 0 Å². The number of benzene rings is 2. The Morgan fingerprint density at radius 1 is 0.974 bits per heavy atom. The standard InChI is InChI=1S/C28H28N6O4/c1-18-10-9-15-33-24(18)29-23(20-11-5-3-6-12-20)26(33)31-28(37)30-25-19(2)27(38-17-22(36)16-35)32-34(25)21-13-7-4-8-14-21/h3-15,22,35-36H,16-17H2,1-2H3,(H2,30,31,37)/t22-/m1/s1. The number of anilines is 2. The van der Waals surface area contributed by atoms with Gasteiger partial charge < -0.3 is 14.9 Å². The van der Waals surface area contributed by atoms with Crippen molar-refractivity contribution in [3.63, 3.8) is 0 Å². The lowest BCUT2D eigenvalue weighted by molar-refractivity contribution is 0.0518. The Morgan fingerprint density at radius 2 is 1.66 bits per heavy atom. The second kappa shape index (κ2) is 10.8. The van der Waals surface area contributed by atoms with Gasteiger partial charge in [0.2, 0.25) is 5.88 Å². The van der Waals surface area contributed by atoms with Crippen LogP contribution in [0.2, 0.25) is 0 Å². The van der Waals surface area contributed by atoms with Crippen LogP contribution in [0, 0.1) is 13.8 Å². The summed E-state index contributed by atoms with van der Waals surface area (Å²) in [5.74, 6) is 1.15. The smallest absolute Gasteiger partial charge is 0.326 e. The molecular formula is C28H28N6O4. The fourth-order valence-electron chi connectivity index (χ4n) is 4.11. The lowest BCUT2D eigenvalue weighted by Crippen LogP contribution is -2.23. The predicted molar refractivity (Wildman–Crippen MR) is 145 cm³/mol. The number of carbonyl (C=O) groups excluding carboxylic acids is 1. The summed E-state index contributed by atoms with van der Waals surface area (Å²) in [5, 5.41) is 29.2. The molecule has 0 saturated heterocycles. The number of aromatic nitrogens is 4. The molecule has 3 aromatic heterocycles. The maximum absolute atomic E-state index is 13.4. The fraction of sp³-hybridized carbons (Fsp3) is 0.179. The molecule has 0 aliphatic rings. The van der Waals surface area contributed by atoms with Crippen molar-refractivity contribution in [2.75, 3.05) is 23.8 Å². The summed E-state index contributed by atoms with van der Waals surface area (Å²) in [5.41, 5.74) is 4.50. The molecule has 0 spiro atoms. The molecule has 0 radical (unpaired) electrons. The first-order chi connectivity index (χ1) is 18.5.